The normalized spacial score (nSPS) is 12.9. The van der Waals surface area contributed by atoms with Crippen LogP contribution in [-0.4, -0.2) is 71.0 Å². The number of carbonyl (C=O) groups is 3. The van der Waals surface area contributed by atoms with Crippen LogP contribution in [0.25, 0.3) is 41.7 Å². The van der Waals surface area contributed by atoms with E-state index in [0.29, 0.717) is 31.3 Å². The molecule has 6 heterocycles. The number of thiophene rings is 3. The number of aliphatic hydroxyl groups excluding tert-OH is 2. The van der Waals surface area contributed by atoms with Crippen LogP contribution in [0.4, 0.5) is 0 Å². The molecule has 1 aliphatic carbocycles. The maximum atomic E-state index is 12.2. The zero-order valence-corrected chi connectivity index (χ0v) is 34.9. The minimum atomic E-state index is -0.678. The highest BCUT2D eigenvalue weighted by Gasteiger charge is 2.32. The summed E-state index contributed by atoms with van der Waals surface area (Å²) >= 11 is 4.11. The molecule has 8 aromatic rings. The molecule has 0 amide bonds. The molecule has 9 rings (SSSR count). The van der Waals surface area contributed by atoms with E-state index in [1.54, 1.807) is 86.1 Å². The lowest BCUT2D eigenvalue weighted by molar-refractivity contribution is 0.0982. The molecule has 296 valence electrons. The summed E-state index contributed by atoms with van der Waals surface area (Å²) in [6, 6.07) is 10.8. The zero-order valence-electron chi connectivity index (χ0n) is 32.4. The van der Waals surface area contributed by atoms with E-state index in [2.05, 4.69) is 15.0 Å². The number of Topliss-reactive ketones (excluding diaryl/α,β-unsaturated/α-hetero) is 1. The first-order valence-electron chi connectivity index (χ1n) is 17.8. The number of hydrogen-bond acceptors (Lipinski definition) is 15. The average molecular weight is 836 g/mol. The predicted molar refractivity (Wildman–Crippen MR) is 227 cm³/mol. The summed E-state index contributed by atoms with van der Waals surface area (Å²) in [6.45, 7) is 4.93. The van der Waals surface area contributed by atoms with E-state index in [4.69, 9.17) is 18.9 Å². The Balaban J connectivity index is 0.000000133. The van der Waals surface area contributed by atoms with Crippen molar-refractivity contribution in [2.45, 2.75) is 33.0 Å². The van der Waals surface area contributed by atoms with Crippen LogP contribution in [0.1, 0.15) is 83.6 Å². The first kappa shape index (κ1) is 40.4. The lowest BCUT2D eigenvalue weighted by Gasteiger charge is -2.12. The van der Waals surface area contributed by atoms with Crippen molar-refractivity contribution < 1.29 is 43.5 Å². The van der Waals surface area contributed by atoms with E-state index in [-0.39, 0.29) is 17.3 Å². The number of nitrogens with zero attached hydrogens (tertiary/aromatic N) is 3. The number of aliphatic hydroxyl groups is 2. The van der Waals surface area contributed by atoms with E-state index in [1.807, 2.05) is 24.3 Å². The summed E-state index contributed by atoms with van der Waals surface area (Å²) in [5.74, 6) is 2.73. The van der Waals surface area contributed by atoms with Crippen LogP contribution in [0.5, 0.6) is 23.0 Å². The number of ether oxygens (including phenoxy) is 4. The molecule has 6 aromatic heterocycles. The zero-order chi connectivity index (χ0) is 41.4. The van der Waals surface area contributed by atoms with E-state index < -0.39 is 12.2 Å². The molecule has 2 aromatic carbocycles. The minimum Gasteiger partial charge on any atom is -0.495 e. The van der Waals surface area contributed by atoms with Crippen LogP contribution >= 0.6 is 34.0 Å². The highest BCUT2D eigenvalue weighted by molar-refractivity contribution is 7.21. The van der Waals surface area contributed by atoms with Gasteiger partial charge in [0, 0.05) is 90.4 Å². The third-order valence-corrected chi connectivity index (χ3v) is 13.3. The van der Waals surface area contributed by atoms with E-state index in [1.165, 1.54) is 46.4 Å². The fraction of sp³-hybridized carbons (Fsp3) is 0.209. The molecule has 15 heteroatoms. The Bertz CT molecular complexity index is 2720. The molecule has 0 spiro atoms. The third-order valence-electron chi connectivity index (χ3n) is 9.50. The van der Waals surface area contributed by atoms with E-state index in [9.17, 15) is 24.6 Å². The predicted octanol–water partition coefficient (Wildman–Crippen LogP) is 9.16. The molecule has 1 aliphatic rings. The second-order valence-electron chi connectivity index (χ2n) is 13.1. The number of aromatic nitrogens is 3. The summed E-state index contributed by atoms with van der Waals surface area (Å²) in [5, 5.41) is 24.9. The van der Waals surface area contributed by atoms with E-state index >= 15 is 0 Å². The number of hydrogen-bond donors (Lipinski definition) is 2. The van der Waals surface area contributed by atoms with Crippen molar-refractivity contribution in [1.29, 1.82) is 0 Å². The summed E-state index contributed by atoms with van der Waals surface area (Å²) < 4.78 is 24.1. The van der Waals surface area contributed by atoms with Gasteiger partial charge in [-0.2, -0.15) is 0 Å². The van der Waals surface area contributed by atoms with Gasteiger partial charge < -0.3 is 29.2 Å². The van der Waals surface area contributed by atoms with Gasteiger partial charge in [-0.05, 0) is 57.2 Å². The van der Waals surface area contributed by atoms with Gasteiger partial charge in [-0.15, -0.1) is 34.0 Å². The quantitative estimate of drug-likeness (QED) is 0.146. The molecule has 0 bridgehead atoms. The van der Waals surface area contributed by atoms with Crippen LogP contribution in [-0.2, 0) is 0 Å². The first-order chi connectivity index (χ1) is 27.9. The third kappa shape index (κ3) is 7.05. The van der Waals surface area contributed by atoms with Gasteiger partial charge in [0.2, 0.25) is 5.78 Å². The number of fused-ring (bicyclic) bond motifs is 6. The average Bonchev–Trinajstić information content (AvgIpc) is 4.00. The molecule has 0 saturated carbocycles. The van der Waals surface area contributed by atoms with Crippen molar-refractivity contribution in [3.05, 3.63) is 110 Å². The maximum absolute atomic E-state index is 12.2. The SMILES string of the molecule is CC(O)c1cc2c(s1)C(=O)c1cnccc1C2=O.COc1c2ccncc2c(OC)c2sc(C(C)=O)cc12.COc1c2ccncc2c(OC)c2sc(C(C)O)cc12. The van der Waals surface area contributed by atoms with Gasteiger partial charge in [0.1, 0.15) is 23.0 Å². The molecule has 12 nitrogen and oxygen atoms in total. The Hall–Kier alpha value is -5.84. The Morgan fingerprint density at radius 3 is 1.60 bits per heavy atom. The lowest BCUT2D eigenvalue weighted by atomic mass is 9.90. The van der Waals surface area contributed by atoms with Gasteiger partial charge in [-0.1, -0.05) is 0 Å². The topological polar surface area (TPSA) is 167 Å². The summed E-state index contributed by atoms with van der Waals surface area (Å²) in [5.41, 5.74) is 1.12. The highest BCUT2D eigenvalue weighted by Crippen LogP contribution is 2.48. The van der Waals surface area contributed by atoms with Crippen molar-refractivity contribution in [2.75, 3.05) is 28.4 Å². The van der Waals surface area contributed by atoms with Crippen LogP contribution in [0.2, 0.25) is 0 Å². The summed E-state index contributed by atoms with van der Waals surface area (Å²) in [7, 11) is 6.56. The molecule has 0 radical (unpaired) electrons. The Morgan fingerprint density at radius 2 is 1.07 bits per heavy atom. The van der Waals surface area contributed by atoms with Gasteiger partial charge in [-0.25, -0.2) is 0 Å². The Kier molecular flexibility index (Phi) is 11.5. The lowest BCUT2D eigenvalue weighted by Crippen LogP contribution is -2.18. The highest BCUT2D eigenvalue weighted by atomic mass is 32.1. The molecule has 0 saturated heterocycles. The molecule has 2 unspecified atom stereocenters. The maximum Gasteiger partial charge on any atom is 0.206 e. The van der Waals surface area contributed by atoms with Crippen LogP contribution in [0.3, 0.4) is 0 Å². The molecule has 58 heavy (non-hydrogen) atoms. The second kappa shape index (κ2) is 16.6. The molecule has 2 atom stereocenters. The Labute approximate surface area is 344 Å². The van der Waals surface area contributed by atoms with Gasteiger partial charge in [0.05, 0.1) is 65.4 Å². The number of benzene rings is 2. The van der Waals surface area contributed by atoms with Crippen LogP contribution < -0.4 is 18.9 Å². The number of ketones is 3. The molecule has 2 N–H and O–H groups in total. The molecule has 0 fully saturated rings. The van der Waals surface area contributed by atoms with E-state index in [0.717, 1.165) is 69.6 Å². The summed E-state index contributed by atoms with van der Waals surface area (Å²) in [6.07, 6.45) is 8.70. The Morgan fingerprint density at radius 1 is 0.569 bits per heavy atom. The fourth-order valence-electron chi connectivity index (χ4n) is 6.78. The smallest absolute Gasteiger partial charge is 0.206 e. The second-order valence-corrected chi connectivity index (χ2v) is 16.3. The van der Waals surface area contributed by atoms with Gasteiger partial charge >= 0.3 is 0 Å². The van der Waals surface area contributed by atoms with Crippen molar-refractivity contribution in [3.63, 3.8) is 0 Å². The monoisotopic (exact) mass is 835 g/mol. The molecular weight excluding hydrogens is 799 g/mol. The fourth-order valence-corrected chi connectivity index (χ4v) is 10.0. The standard InChI is InChI=1S/C15H15NO3S.C15H13NO3S.C13H9NO3S/c2*1-8(17)12-6-10-13(18-2)9-4-5-16-7-11(9)14(19-3)15(10)20-12;1-6(15)10-4-8-11(16)7-2-3-14-5-9(7)12(17)13(8)18-10/h4-8,17H,1-3H3;4-7H,1-3H3;2-6,15H,1H3. The van der Waals surface area contributed by atoms with Gasteiger partial charge in [-0.3, -0.25) is 29.3 Å². The minimum absolute atomic E-state index is 0.0393. The van der Waals surface area contributed by atoms with Crippen molar-refractivity contribution >= 4 is 93.1 Å². The van der Waals surface area contributed by atoms with Crippen molar-refractivity contribution in [3.8, 4) is 23.0 Å². The molecule has 0 aliphatic heterocycles. The largest absolute Gasteiger partial charge is 0.495 e. The van der Waals surface area contributed by atoms with Gasteiger partial charge in [0.15, 0.2) is 11.6 Å². The number of pyridine rings is 3. The van der Waals surface area contributed by atoms with Crippen LogP contribution in [0.15, 0.2) is 73.6 Å². The van der Waals surface area contributed by atoms with Gasteiger partial charge in [0.25, 0.3) is 0 Å². The van der Waals surface area contributed by atoms with Crippen LogP contribution in [0, 0.1) is 0 Å². The van der Waals surface area contributed by atoms with Crippen molar-refractivity contribution in [2.24, 2.45) is 0 Å². The molecular formula is C43H37N3O9S3. The number of carbonyl (C=O) groups excluding carboxylic acids is 3. The number of methoxy groups -OCH3 is 4. The van der Waals surface area contributed by atoms with Crippen molar-refractivity contribution in [1.82, 2.24) is 15.0 Å². The number of rotatable bonds is 7. The first-order valence-corrected chi connectivity index (χ1v) is 20.2. The summed E-state index contributed by atoms with van der Waals surface area (Å²) in [4.78, 5) is 50.9.